The number of halogens is 4. The second kappa shape index (κ2) is 9.53. The minimum absolute atomic E-state index is 0.0357. The molecule has 22 heavy (non-hydrogen) atoms. The highest BCUT2D eigenvalue weighted by molar-refractivity contribution is 6.31. The van der Waals surface area contributed by atoms with Crippen molar-refractivity contribution in [3.63, 3.8) is 0 Å². The minimum Gasteiger partial charge on any atom is -0.372 e. The Balaban J connectivity index is 2.19. The molecule has 0 atom stereocenters. The van der Waals surface area contributed by atoms with Gasteiger partial charge < -0.3 is 15.4 Å². The van der Waals surface area contributed by atoms with Gasteiger partial charge in [-0.15, -0.1) is 0 Å². The number of hydrogen-bond acceptors (Lipinski definition) is 2. The fourth-order valence-electron chi connectivity index (χ4n) is 1.61. The third-order valence-corrected chi connectivity index (χ3v) is 3.02. The van der Waals surface area contributed by atoms with Gasteiger partial charge in [-0.1, -0.05) is 29.8 Å². The van der Waals surface area contributed by atoms with E-state index in [1.807, 2.05) is 18.2 Å². The number of guanidine groups is 1. The third-order valence-electron chi connectivity index (χ3n) is 2.65. The molecule has 1 aromatic carbocycles. The standard InChI is InChI=1S/C14H19ClF3N3O/c1-19-13(20-7-4-8-22-10-14(16,17)18)21-9-11-5-2-3-6-12(11)15/h2-3,5-6H,4,7-10H2,1H3,(H2,19,20,21). The van der Waals surface area contributed by atoms with Gasteiger partial charge in [0.25, 0.3) is 0 Å². The van der Waals surface area contributed by atoms with Crippen molar-refractivity contribution in [3.8, 4) is 0 Å². The van der Waals surface area contributed by atoms with Crippen LogP contribution in [0, 0.1) is 0 Å². The van der Waals surface area contributed by atoms with Gasteiger partial charge in [0.15, 0.2) is 5.96 Å². The van der Waals surface area contributed by atoms with Crippen molar-refractivity contribution in [1.29, 1.82) is 0 Å². The van der Waals surface area contributed by atoms with Gasteiger partial charge in [0.2, 0.25) is 0 Å². The zero-order valence-corrected chi connectivity index (χ0v) is 13.0. The molecule has 0 spiro atoms. The van der Waals surface area contributed by atoms with Crippen molar-refractivity contribution in [3.05, 3.63) is 34.9 Å². The topological polar surface area (TPSA) is 45.7 Å². The molecule has 0 aliphatic carbocycles. The van der Waals surface area contributed by atoms with E-state index in [9.17, 15) is 13.2 Å². The summed E-state index contributed by atoms with van der Waals surface area (Å²) in [6.45, 7) is -0.218. The van der Waals surface area contributed by atoms with E-state index in [2.05, 4.69) is 20.4 Å². The summed E-state index contributed by atoms with van der Waals surface area (Å²) in [6.07, 6.45) is -3.83. The number of alkyl halides is 3. The van der Waals surface area contributed by atoms with Crippen LogP contribution in [0.25, 0.3) is 0 Å². The van der Waals surface area contributed by atoms with E-state index in [4.69, 9.17) is 11.6 Å². The number of aliphatic imine (C=N–C) groups is 1. The van der Waals surface area contributed by atoms with E-state index < -0.39 is 12.8 Å². The monoisotopic (exact) mass is 337 g/mol. The Morgan fingerprint density at radius 2 is 2.00 bits per heavy atom. The first kappa shape index (κ1) is 18.6. The van der Waals surface area contributed by atoms with Crippen molar-refractivity contribution in [1.82, 2.24) is 10.6 Å². The van der Waals surface area contributed by atoms with Crippen molar-refractivity contribution in [2.45, 2.75) is 19.1 Å². The SMILES string of the molecule is CN=C(NCCCOCC(F)(F)F)NCc1ccccc1Cl. The van der Waals surface area contributed by atoms with E-state index in [1.165, 1.54) is 0 Å². The molecule has 0 aliphatic heterocycles. The quantitative estimate of drug-likeness (QED) is 0.457. The van der Waals surface area contributed by atoms with Gasteiger partial charge in [0.1, 0.15) is 6.61 Å². The number of benzene rings is 1. The Hall–Kier alpha value is -1.47. The molecule has 0 unspecified atom stereocenters. The third kappa shape index (κ3) is 8.09. The smallest absolute Gasteiger partial charge is 0.372 e. The predicted molar refractivity (Wildman–Crippen MR) is 81.1 cm³/mol. The summed E-state index contributed by atoms with van der Waals surface area (Å²) < 4.78 is 40.1. The lowest BCUT2D eigenvalue weighted by Crippen LogP contribution is -2.37. The maximum Gasteiger partial charge on any atom is 0.411 e. The van der Waals surface area contributed by atoms with E-state index >= 15 is 0 Å². The van der Waals surface area contributed by atoms with Crippen LogP contribution in [-0.2, 0) is 11.3 Å². The van der Waals surface area contributed by atoms with Gasteiger partial charge in [-0.3, -0.25) is 4.99 Å². The highest BCUT2D eigenvalue weighted by Gasteiger charge is 2.27. The van der Waals surface area contributed by atoms with Crippen molar-refractivity contribution in [2.75, 3.05) is 26.8 Å². The molecule has 0 bridgehead atoms. The summed E-state index contributed by atoms with van der Waals surface area (Å²) in [5.74, 6) is 0.552. The van der Waals surface area contributed by atoms with Crippen molar-refractivity contribution in [2.24, 2.45) is 4.99 Å². The summed E-state index contributed by atoms with van der Waals surface area (Å²) in [5, 5.41) is 6.72. The number of hydrogen-bond donors (Lipinski definition) is 2. The van der Waals surface area contributed by atoms with Crippen LogP contribution in [0.5, 0.6) is 0 Å². The molecule has 0 aliphatic rings. The summed E-state index contributed by atoms with van der Waals surface area (Å²) in [7, 11) is 1.61. The molecule has 8 heteroatoms. The van der Waals surface area contributed by atoms with Gasteiger partial charge in [0, 0.05) is 31.8 Å². The zero-order chi connectivity index (χ0) is 16.4. The Morgan fingerprint density at radius 3 is 2.64 bits per heavy atom. The molecule has 0 saturated heterocycles. The minimum atomic E-state index is -4.28. The maximum absolute atomic E-state index is 11.9. The second-order valence-corrected chi connectivity index (χ2v) is 4.87. The first-order valence-electron chi connectivity index (χ1n) is 6.75. The lowest BCUT2D eigenvalue weighted by molar-refractivity contribution is -0.173. The van der Waals surface area contributed by atoms with Crippen LogP contribution in [-0.4, -0.2) is 38.9 Å². The Labute approximate surface area is 132 Å². The second-order valence-electron chi connectivity index (χ2n) is 4.47. The average Bonchev–Trinajstić information content (AvgIpc) is 2.46. The number of rotatable bonds is 7. The van der Waals surface area contributed by atoms with E-state index in [0.717, 1.165) is 5.56 Å². The van der Waals surface area contributed by atoms with Crippen LogP contribution < -0.4 is 10.6 Å². The molecular weight excluding hydrogens is 319 g/mol. The number of nitrogens with one attached hydrogen (secondary N) is 2. The molecule has 0 amide bonds. The molecule has 0 saturated carbocycles. The summed E-state index contributed by atoms with van der Waals surface area (Å²) in [5.41, 5.74) is 0.931. The Bertz CT molecular complexity index is 481. The first-order chi connectivity index (χ1) is 10.4. The summed E-state index contributed by atoms with van der Waals surface area (Å²) in [4.78, 5) is 4.02. The fraction of sp³-hybridized carbons (Fsp3) is 0.500. The van der Waals surface area contributed by atoms with Gasteiger partial charge in [-0.25, -0.2) is 0 Å². The van der Waals surface area contributed by atoms with Gasteiger partial charge >= 0.3 is 6.18 Å². The molecular formula is C14H19ClF3N3O. The molecule has 4 nitrogen and oxygen atoms in total. The Kier molecular flexibility index (Phi) is 8.05. The fourth-order valence-corrected chi connectivity index (χ4v) is 1.81. The molecule has 124 valence electrons. The molecule has 0 aromatic heterocycles. The lowest BCUT2D eigenvalue weighted by Gasteiger charge is -2.13. The number of nitrogens with zero attached hydrogens (tertiary/aromatic N) is 1. The Morgan fingerprint density at radius 1 is 1.27 bits per heavy atom. The maximum atomic E-state index is 11.9. The van der Waals surface area contributed by atoms with Crippen LogP contribution in [0.4, 0.5) is 13.2 Å². The van der Waals surface area contributed by atoms with E-state index in [0.29, 0.717) is 30.5 Å². The van der Waals surface area contributed by atoms with Gasteiger partial charge in [-0.05, 0) is 18.1 Å². The zero-order valence-electron chi connectivity index (χ0n) is 12.2. The van der Waals surface area contributed by atoms with Crippen molar-refractivity contribution < 1.29 is 17.9 Å². The van der Waals surface area contributed by atoms with Crippen LogP contribution in [0.1, 0.15) is 12.0 Å². The number of ether oxygens (including phenoxy) is 1. The highest BCUT2D eigenvalue weighted by atomic mass is 35.5. The summed E-state index contributed by atoms with van der Waals surface area (Å²) >= 11 is 6.04. The molecule has 2 N–H and O–H groups in total. The normalized spacial score (nSPS) is 12.3. The van der Waals surface area contributed by atoms with Crippen LogP contribution in [0.15, 0.2) is 29.3 Å². The highest BCUT2D eigenvalue weighted by Crippen LogP contribution is 2.14. The summed E-state index contributed by atoms with van der Waals surface area (Å²) in [6, 6.07) is 7.43. The first-order valence-corrected chi connectivity index (χ1v) is 7.12. The molecule has 0 radical (unpaired) electrons. The van der Waals surface area contributed by atoms with Crippen molar-refractivity contribution >= 4 is 17.6 Å². The van der Waals surface area contributed by atoms with Crippen LogP contribution in [0.2, 0.25) is 5.02 Å². The predicted octanol–water partition coefficient (Wildman–Crippen LogP) is 2.97. The average molecular weight is 338 g/mol. The van der Waals surface area contributed by atoms with E-state index in [1.54, 1.807) is 13.1 Å². The molecule has 0 heterocycles. The largest absolute Gasteiger partial charge is 0.411 e. The molecule has 1 aromatic rings. The van der Waals surface area contributed by atoms with Crippen LogP contribution in [0.3, 0.4) is 0 Å². The molecule has 1 rings (SSSR count). The molecule has 0 fully saturated rings. The lowest BCUT2D eigenvalue weighted by atomic mass is 10.2. The van der Waals surface area contributed by atoms with Gasteiger partial charge in [0.05, 0.1) is 0 Å². The van der Waals surface area contributed by atoms with E-state index in [-0.39, 0.29) is 6.61 Å². The van der Waals surface area contributed by atoms with Gasteiger partial charge in [-0.2, -0.15) is 13.2 Å². The van der Waals surface area contributed by atoms with Crippen LogP contribution >= 0.6 is 11.6 Å².